The van der Waals surface area contributed by atoms with E-state index in [9.17, 15) is 25.0 Å². The number of carbonyl (C=O) groups excluding carboxylic acids is 1. The Morgan fingerprint density at radius 3 is 1.87 bits per heavy atom. The number of ketones is 1. The second kappa shape index (κ2) is 6.75. The lowest BCUT2D eigenvalue weighted by molar-refractivity contribution is -0.818. The van der Waals surface area contributed by atoms with Crippen LogP contribution in [0.2, 0.25) is 0 Å². The third-order valence-electron chi connectivity index (χ3n) is 3.30. The molecule has 0 atom stereocenters. The van der Waals surface area contributed by atoms with Crippen LogP contribution in [0.3, 0.4) is 0 Å². The number of rotatable bonds is 7. The number of carbonyl (C=O) groups is 1. The van der Waals surface area contributed by atoms with E-state index in [-0.39, 0.29) is 5.56 Å². The van der Waals surface area contributed by atoms with Gasteiger partial charge in [0.05, 0.1) is 6.54 Å². The van der Waals surface area contributed by atoms with Gasteiger partial charge < -0.3 is 0 Å². The van der Waals surface area contributed by atoms with Crippen LogP contribution < -0.4 is 5.32 Å². The number of benzene rings is 2. The first-order valence-corrected chi connectivity index (χ1v) is 6.66. The van der Waals surface area contributed by atoms with Crippen LogP contribution in [-0.4, -0.2) is 22.2 Å². The summed E-state index contributed by atoms with van der Waals surface area (Å²) in [7, 11) is 0. The Morgan fingerprint density at radius 2 is 1.39 bits per heavy atom. The normalized spacial score (nSPS) is 11.0. The zero-order chi connectivity index (χ0) is 16.9. The Labute approximate surface area is 131 Å². The van der Waals surface area contributed by atoms with Crippen LogP contribution in [0, 0.1) is 20.2 Å². The standard InChI is InChI=1S/C15H13N3O5/c19-14(12-7-3-1-4-8-12)11-16-15(17(20)21,18(22)23)13-9-5-2-6-10-13/h1-10,16H,11H2. The fraction of sp³-hybridized carbons (Fsp3) is 0.133. The van der Waals surface area contributed by atoms with E-state index in [2.05, 4.69) is 5.32 Å². The van der Waals surface area contributed by atoms with Crippen molar-refractivity contribution in [3.05, 3.63) is 92.0 Å². The van der Waals surface area contributed by atoms with Gasteiger partial charge in [-0.1, -0.05) is 48.5 Å². The molecule has 0 unspecified atom stereocenters. The molecule has 0 radical (unpaired) electrons. The molecule has 0 saturated carbocycles. The molecule has 1 N–H and O–H groups in total. The van der Waals surface area contributed by atoms with Gasteiger partial charge in [-0.25, -0.2) is 0 Å². The van der Waals surface area contributed by atoms with Crippen molar-refractivity contribution in [2.75, 3.05) is 6.54 Å². The number of hydrogen-bond donors (Lipinski definition) is 1. The molecule has 0 bridgehead atoms. The Morgan fingerprint density at radius 1 is 0.913 bits per heavy atom. The molecule has 118 valence electrons. The quantitative estimate of drug-likeness (QED) is 0.360. The molecule has 0 spiro atoms. The fourth-order valence-electron chi connectivity index (χ4n) is 2.11. The van der Waals surface area contributed by atoms with Crippen molar-refractivity contribution in [2.24, 2.45) is 0 Å². The molecule has 2 aromatic rings. The van der Waals surface area contributed by atoms with E-state index in [1.165, 1.54) is 36.4 Å². The predicted octanol–water partition coefficient (Wildman–Crippen LogP) is 1.82. The topological polar surface area (TPSA) is 115 Å². The maximum Gasteiger partial charge on any atom is 0.548 e. The first-order valence-electron chi connectivity index (χ1n) is 6.66. The third kappa shape index (κ3) is 3.22. The van der Waals surface area contributed by atoms with Crippen LogP contribution in [0.1, 0.15) is 15.9 Å². The van der Waals surface area contributed by atoms with Crippen LogP contribution in [-0.2, 0) is 5.79 Å². The van der Waals surface area contributed by atoms with Gasteiger partial charge in [0.15, 0.2) is 5.78 Å². The highest BCUT2D eigenvalue weighted by Crippen LogP contribution is 2.22. The molecule has 2 aromatic carbocycles. The average molecular weight is 315 g/mol. The van der Waals surface area contributed by atoms with E-state index in [1.807, 2.05) is 0 Å². The summed E-state index contributed by atoms with van der Waals surface area (Å²) in [5.74, 6) is -3.25. The van der Waals surface area contributed by atoms with Gasteiger partial charge in [0.1, 0.15) is 15.4 Å². The van der Waals surface area contributed by atoms with Gasteiger partial charge >= 0.3 is 5.79 Å². The van der Waals surface area contributed by atoms with E-state index >= 15 is 0 Å². The van der Waals surface area contributed by atoms with E-state index in [0.29, 0.717) is 5.56 Å². The lowest BCUT2D eigenvalue weighted by atomic mass is 10.1. The van der Waals surface area contributed by atoms with Crippen molar-refractivity contribution in [3.8, 4) is 0 Å². The summed E-state index contributed by atoms with van der Waals surface area (Å²) in [6.07, 6.45) is 0. The highest BCUT2D eigenvalue weighted by molar-refractivity contribution is 5.97. The van der Waals surface area contributed by atoms with Gasteiger partial charge in [-0.2, -0.15) is 5.32 Å². The van der Waals surface area contributed by atoms with Gasteiger partial charge in [-0.15, -0.1) is 0 Å². The van der Waals surface area contributed by atoms with E-state index < -0.39 is 28.0 Å². The highest BCUT2D eigenvalue weighted by atomic mass is 16.7. The first kappa shape index (κ1) is 16.2. The summed E-state index contributed by atoms with van der Waals surface area (Å²) in [6, 6.07) is 15.1. The fourth-order valence-corrected chi connectivity index (χ4v) is 2.11. The molecule has 23 heavy (non-hydrogen) atoms. The second-order valence-corrected chi connectivity index (χ2v) is 4.70. The van der Waals surface area contributed by atoms with Gasteiger partial charge in [-0.05, 0) is 12.1 Å². The van der Waals surface area contributed by atoms with Crippen LogP contribution in [0.4, 0.5) is 0 Å². The zero-order valence-electron chi connectivity index (χ0n) is 11.9. The largest absolute Gasteiger partial charge is 0.548 e. The van der Waals surface area contributed by atoms with E-state index in [1.54, 1.807) is 24.3 Å². The molecule has 0 aromatic heterocycles. The van der Waals surface area contributed by atoms with Crippen molar-refractivity contribution in [1.82, 2.24) is 5.32 Å². The van der Waals surface area contributed by atoms with Crippen molar-refractivity contribution in [1.29, 1.82) is 0 Å². The molecular formula is C15H13N3O5. The molecule has 2 rings (SSSR count). The molecule has 0 aliphatic carbocycles. The molecule has 0 aliphatic rings. The minimum absolute atomic E-state index is 0.157. The van der Waals surface area contributed by atoms with Crippen LogP contribution in [0.5, 0.6) is 0 Å². The molecule has 0 saturated heterocycles. The van der Waals surface area contributed by atoms with Crippen LogP contribution in [0.15, 0.2) is 60.7 Å². The molecule has 0 aliphatic heterocycles. The van der Waals surface area contributed by atoms with Crippen molar-refractivity contribution in [3.63, 3.8) is 0 Å². The summed E-state index contributed by atoms with van der Waals surface area (Å²) in [6.45, 7) is -0.541. The number of nitrogens with zero attached hydrogens (tertiary/aromatic N) is 2. The Bertz CT molecular complexity index is 704. The number of nitrogens with one attached hydrogen (secondary N) is 1. The SMILES string of the molecule is O=C(CNC(c1ccccc1)([N+](=O)[O-])[N+](=O)[O-])c1ccccc1. The monoisotopic (exact) mass is 315 g/mol. The van der Waals surface area contributed by atoms with Crippen LogP contribution >= 0.6 is 0 Å². The summed E-state index contributed by atoms with van der Waals surface area (Å²) in [5.41, 5.74) is 0.157. The Kier molecular flexibility index (Phi) is 4.77. The van der Waals surface area contributed by atoms with Crippen molar-refractivity contribution in [2.45, 2.75) is 5.79 Å². The zero-order valence-corrected chi connectivity index (χ0v) is 11.9. The number of Topliss-reactive ketones (excluding diaryl/α,β-unsaturated/α-hetero) is 1. The lowest BCUT2D eigenvalue weighted by Gasteiger charge is -2.18. The molecule has 8 heteroatoms. The molecule has 0 amide bonds. The van der Waals surface area contributed by atoms with E-state index in [0.717, 1.165) is 0 Å². The highest BCUT2D eigenvalue weighted by Gasteiger charge is 2.58. The van der Waals surface area contributed by atoms with E-state index in [4.69, 9.17) is 0 Å². The molecular weight excluding hydrogens is 302 g/mol. The summed E-state index contributed by atoms with van der Waals surface area (Å²) >= 11 is 0. The average Bonchev–Trinajstić information content (AvgIpc) is 2.56. The maximum atomic E-state index is 12.1. The number of hydrogen-bond acceptors (Lipinski definition) is 6. The smallest absolute Gasteiger partial charge is 0.293 e. The van der Waals surface area contributed by atoms with Gasteiger partial charge in [-0.3, -0.25) is 25.0 Å². The third-order valence-corrected chi connectivity index (χ3v) is 3.30. The minimum Gasteiger partial charge on any atom is -0.293 e. The molecule has 0 heterocycles. The summed E-state index contributed by atoms with van der Waals surface area (Å²) in [5, 5.41) is 25.0. The molecule has 0 fully saturated rings. The predicted molar refractivity (Wildman–Crippen MR) is 80.9 cm³/mol. The van der Waals surface area contributed by atoms with Crippen molar-refractivity contribution >= 4 is 5.78 Å². The van der Waals surface area contributed by atoms with Gasteiger partial charge in [0.25, 0.3) is 0 Å². The summed E-state index contributed by atoms with van der Waals surface area (Å²) < 4.78 is 0. The van der Waals surface area contributed by atoms with Gasteiger partial charge in [0.2, 0.25) is 0 Å². The van der Waals surface area contributed by atoms with Gasteiger partial charge in [0, 0.05) is 5.56 Å². The number of nitro groups is 2. The van der Waals surface area contributed by atoms with Crippen LogP contribution in [0.25, 0.3) is 0 Å². The van der Waals surface area contributed by atoms with Crippen molar-refractivity contribution < 1.29 is 14.6 Å². The Balaban J connectivity index is 2.31. The maximum absolute atomic E-state index is 12.1. The Hall–Kier alpha value is -3.13. The summed E-state index contributed by atoms with van der Waals surface area (Å²) in [4.78, 5) is 32.8. The second-order valence-electron chi connectivity index (χ2n) is 4.70. The minimum atomic E-state index is -2.77. The lowest BCUT2D eigenvalue weighted by Crippen LogP contribution is -2.56. The molecule has 8 nitrogen and oxygen atoms in total. The first-order chi connectivity index (χ1) is 11.0.